The third kappa shape index (κ3) is 6.35. The van der Waals surface area contributed by atoms with Gasteiger partial charge in [0.25, 0.3) is 5.91 Å². The molecule has 1 aromatic carbocycles. The molecule has 1 aromatic heterocycles. The number of hydroxylamine groups is 3. The van der Waals surface area contributed by atoms with Crippen molar-refractivity contribution in [2.24, 2.45) is 0 Å². The Morgan fingerprint density at radius 3 is 2.50 bits per heavy atom. The molecule has 0 radical (unpaired) electrons. The number of likely N-dealkylation sites (N-methyl/N-ethyl adjacent to an activating group) is 1. The Bertz CT molecular complexity index is 1340. The number of amides is 3. The Hall–Kier alpha value is -2.55. The summed E-state index contributed by atoms with van der Waals surface area (Å²) >= 11 is 6.98. The fraction of sp³-hybridized carbons (Fsp3) is 0.458. The maximum Gasteiger partial charge on any atom is 0.261 e. The molecule has 2 saturated heterocycles. The summed E-state index contributed by atoms with van der Waals surface area (Å²) in [6, 6.07) is 6.45. The number of carbonyl (C=O) groups is 3. The Balaban J connectivity index is 1.58. The van der Waals surface area contributed by atoms with Crippen molar-refractivity contribution in [2.45, 2.75) is 30.7 Å². The number of sulfonamides is 1. The van der Waals surface area contributed by atoms with Gasteiger partial charge in [0, 0.05) is 25.2 Å². The fourth-order valence-corrected chi connectivity index (χ4v) is 6.98. The molecule has 2 aromatic rings. The molecule has 2 aliphatic rings. The molecule has 0 bridgehead atoms. The average Bonchev–Trinajstić information content (AvgIpc) is 3.49. The zero-order chi connectivity index (χ0) is 27.7. The molecule has 0 saturated carbocycles. The summed E-state index contributed by atoms with van der Waals surface area (Å²) < 4.78 is 29.5. The minimum absolute atomic E-state index is 0.0636. The first-order chi connectivity index (χ1) is 17.9. The van der Waals surface area contributed by atoms with Gasteiger partial charge in [0.05, 0.1) is 47.3 Å². The standard InChI is InChI=1S/C24H30ClN5O6S2/c1-16-18(29-10-4-7-22(29)31)5-3-6-20(16)38(35,36)27-17(15-26-23(32)19-8-9-21(25)37-19)24(33)28-11-13-30(2,34)14-12-28/h3,5-6,8-9,17,27H,4,7,10-15H2,1-2H3,(H,26,32)/t17-/m0/s1. The first-order valence-electron chi connectivity index (χ1n) is 12.2. The minimum atomic E-state index is -4.25. The van der Waals surface area contributed by atoms with Crippen molar-refractivity contribution in [1.82, 2.24) is 14.9 Å². The van der Waals surface area contributed by atoms with E-state index in [0.29, 0.717) is 39.9 Å². The van der Waals surface area contributed by atoms with Crippen LogP contribution in [-0.4, -0.2) is 88.0 Å². The molecule has 0 unspecified atom stereocenters. The Kier molecular flexibility index (Phi) is 8.45. The Morgan fingerprint density at radius 1 is 1.18 bits per heavy atom. The third-order valence-corrected chi connectivity index (χ3v) is 9.61. The second-order valence-corrected chi connectivity index (χ2v) is 13.0. The Morgan fingerprint density at radius 2 is 1.89 bits per heavy atom. The number of nitrogens with zero attached hydrogens (tertiary/aromatic N) is 3. The van der Waals surface area contributed by atoms with Crippen molar-refractivity contribution in [3.8, 4) is 0 Å². The topological polar surface area (TPSA) is 139 Å². The molecule has 2 aliphatic heterocycles. The second kappa shape index (κ2) is 11.3. The lowest BCUT2D eigenvalue weighted by atomic mass is 10.2. The predicted molar refractivity (Wildman–Crippen MR) is 144 cm³/mol. The molecule has 0 aliphatic carbocycles. The highest BCUT2D eigenvalue weighted by Gasteiger charge is 2.34. The fourth-order valence-electron chi connectivity index (χ4n) is 4.57. The van der Waals surface area contributed by atoms with E-state index in [1.807, 2.05) is 0 Å². The van der Waals surface area contributed by atoms with Gasteiger partial charge >= 0.3 is 0 Å². The zero-order valence-corrected chi connectivity index (χ0v) is 23.5. The summed E-state index contributed by atoms with van der Waals surface area (Å²) in [4.78, 5) is 41.6. The van der Waals surface area contributed by atoms with Crippen LogP contribution in [0.3, 0.4) is 0 Å². The summed E-state index contributed by atoms with van der Waals surface area (Å²) in [5.74, 6) is -1.11. The van der Waals surface area contributed by atoms with Crippen molar-refractivity contribution in [2.75, 3.05) is 51.2 Å². The van der Waals surface area contributed by atoms with E-state index in [1.165, 1.54) is 24.1 Å². The van der Waals surface area contributed by atoms with Crippen molar-refractivity contribution < 1.29 is 27.4 Å². The predicted octanol–water partition coefficient (Wildman–Crippen LogP) is 1.70. The van der Waals surface area contributed by atoms with Crippen molar-refractivity contribution in [3.05, 3.63) is 50.3 Å². The summed E-state index contributed by atoms with van der Waals surface area (Å²) in [5.41, 5.74) is 0.890. The van der Waals surface area contributed by atoms with E-state index in [0.717, 1.165) is 11.3 Å². The molecule has 4 rings (SSSR count). The van der Waals surface area contributed by atoms with Crippen molar-refractivity contribution in [1.29, 1.82) is 0 Å². The van der Waals surface area contributed by atoms with Gasteiger partial charge in [-0.05, 0) is 43.2 Å². The van der Waals surface area contributed by atoms with Crippen LogP contribution in [0.1, 0.15) is 28.1 Å². The maximum absolute atomic E-state index is 13.6. The lowest BCUT2D eigenvalue weighted by molar-refractivity contribution is -0.864. The van der Waals surface area contributed by atoms with E-state index >= 15 is 0 Å². The van der Waals surface area contributed by atoms with Gasteiger partial charge < -0.3 is 25.0 Å². The largest absolute Gasteiger partial charge is 0.633 e. The number of quaternary nitrogens is 1. The first-order valence-corrected chi connectivity index (χ1v) is 14.9. The number of nitrogens with one attached hydrogen (secondary N) is 2. The van der Waals surface area contributed by atoms with Crippen LogP contribution in [0.15, 0.2) is 35.2 Å². The molecule has 1 atom stereocenters. The van der Waals surface area contributed by atoms with Gasteiger partial charge in [0.1, 0.15) is 6.04 Å². The molecule has 0 spiro atoms. The van der Waals surface area contributed by atoms with Gasteiger partial charge in [-0.2, -0.15) is 4.72 Å². The monoisotopic (exact) mass is 583 g/mol. The van der Waals surface area contributed by atoms with Crippen LogP contribution in [0.2, 0.25) is 4.34 Å². The number of thiophene rings is 1. The first kappa shape index (κ1) is 28.5. The summed E-state index contributed by atoms with van der Waals surface area (Å²) in [7, 11) is -2.72. The van der Waals surface area contributed by atoms with E-state index in [4.69, 9.17) is 11.6 Å². The zero-order valence-electron chi connectivity index (χ0n) is 21.1. The highest BCUT2D eigenvalue weighted by molar-refractivity contribution is 7.89. The van der Waals surface area contributed by atoms with E-state index in [-0.39, 0.29) is 43.5 Å². The van der Waals surface area contributed by atoms with Gasteiger partial charge in [-0.1, -0.05) is 17.7 Å². The molecule has 3 heterocycles. The van der Waals surface area contributed by atoms with Gasteiger partial charge in [-0.3, -0.25) is 14.4 Å². The van der Waals surface area contributed by atoms with Crippen LogP contribution in [0.4, 0.5) is 5.69 Å². The molecule has 2 N–H and O–H groups in total. The molecule has 11 nitrogen and oxygen atoms in total. The number of carbonyl (C=O) groups excluding carboxylic acids is 3. The van der Waals surface area contributed by atoms with Gasteiger partial charge in [0.2, 0.25) is 21.8 Å². The Labute approximate surface area is 230 Å². The van der Waals surface area contributed by atoms with E-state index < -0.39 is 32.5 Å². The SMILES string of the molecule is Cc1c(N2CCCC2=O)cccc1S(=O)(=O)N[C@@H](CNC(=O)c1ccc(Cl)s1)C(=O)N1CC[N+](C)([O-])CC1. The second-order valence-electron chi connectivity index (χ2n) is 9.61. The van der Waals surface area contributed by atoms with E-state index in [9.17, 15) is 28.0 Å². The summed E-state index contributed by atoms with van der Waals surface area (Å²) in [6.45, 7) is 2.49. The van der Waals surface area contributed by atoms with Crippen LogP contribution in [0.5, 0.6) is 0 Å². The highest BCUT2D eigenvalue weighted by atomic mass is 35.5. The number of hydrogen-bond acceptors (Lipinski definition) is 7. The summed E-state index contributed by atoms with van der Waals surface area (Å²) in [6.07, 6.45) is 1.09. The molecular formula is C24H30ClN5O6S2. The lowest BCUT2D eigenvalue weighted by Gasteiger charge is -2.45. The molecule has 3 amide bonds. The molecular weight excluding hydrogens is 554 g/mol. The van der Waals surface area contributed by atoms with Crippen LogP contribution >= 0.6 is 22.9 Å². The van der Waals surface area contributed by atoms with Gasteiger partial charge in [-0.25, -0.2) is 8.42 Å². The lowest BCUT2D eigenvalue weighted by Crippen LogP contribution is -2.60. The van der Waals surface area contributed by atoms with Crippen molar-refractivity contribution in [3.63, 3.8) is 0 Å². The summed E-state index contributed by atoms with van der Waals surface area (Å²) in [5, 5.41) is 14.9. The van der Waals surface area contributed by atoms with E-state index in [1.54, 1.807) is 30.0 Å². The van der Waals surface area contributed by atoms with Crippen LogP contribution in [-0.2, 0) is 19.6 Å². The maximum atomic E-state index is 13.6. The minimum Gasteiger partial charge on any atom is -0.633 e. The molecule has 206 valence electrons. The highest BCUT2D eigenvalue weighted by Crippen LogP contribution is 2.29. The average molecular weight is 584 g/mol. The van der Waals surface area contributed by atoms with Crippen molar-refractivity contribution >= 4 is 56.4 Å². The van der Waals surface area contributed by atoms with Gasteiger partial charge in [-0.15, -0.1) is 11.3 Å². The molecule has 14 heteroatoms. The third-order valence-electron chi connectivity index (χ3n) is 6.77. The van der Waals surface area contributed by atoms with Crippen LogP contribution < -0.4 is 14.9 Å². The number of anilines is 1. The smallest absolute Gasteiger partial charge is 0.261 e. The van der Waals surface area contributed by atoms with Crippen LogP contribution in [0.25, 0.3) is 0 Å². The number of piperazine rings is 1. The number of halogens is 1. The van der Waals surface area contributed by atoms with Crippen LogP contribution in [0, 0.1) is 12.1 Å². The van der Waals surface area contributed by atoms with E-state index in [2.05, 4.69) is 10.0 Å². The number of benzene rings is 1. The van der Waals surface area contributed by atoms with Gasteiger partial charge in [0.15, 0.2) is 0 Å². The number of rotatable bonds is 8. The quantitative estimate of drug-likeness (QED) is 0.358. The molecule has 38 heavy (non-hydrogen) atoms. The molecule has 2 fully saturated rings. The normalized spacial score (nSPS) is 18.5. The number of hydrogen-bond donors (Lipinski definition) is 2.